The minimum atomic E-state index is -0.396. The number of nitrogen functional groups attached to an aromatic ring is 1. The topological polar surface area (TPSA) is 132 Å². The Labute approximate surface area is 115 Å². The van der Waals surface area contributed by atoms with Crippen molar-refractivity contribution in [2.24, 2.45) is 5.84 Å². The summed E-state index contributed by atoms with van der Waals surface area (Å²) in [6.07, 6.45) is 2.67. The SMILES string of the molecule is CC(C)c1ncc(NN)c(C(=O)NCc2ncon2)n1. The molecule has 0 aliphatic rings. The molecule has 106 valence electrons. The van der Waals surface area contributed by atoms with E-state index in [-0.39, 0.29) is 18.2 Å². The van der Waals surface area contributed by atoms with Gasteiger partial charge in [-0.2, -0.15) is 4.98 Å². The molecule has 1 amide bonds. The second-order valence-corrected chi connectivity index (χ2v) is 4.32. The molecule has 2 aromatic heterocycles. The van der Waals surface area contributed by atoms with E-state index in [4.69, 9.17) is 5.84 Å². The highest BCUT2D eigenvalue weighted by Gasteiger charge is 2.16. The van der Waals surface area contributed by atoms with Crippen molar-refractivity contribution in [2.45, 2.75) is 26.3 Å². The maximum Gasteiger partial charge on any atom is 0.272 e. The summed E-state index contributed by atoms with van der Waals surface area (Å²) in [5.74, 6) is 6.00. The zero-order valence-electron chi connectivity index (χ0n) is 11.1. The van der Waals surface area contributed by atoms with Gasteiger partial charge in [0.1, 0.15) is 5.82 Å². The molecule has 4 N–H and O–H groups in total. The zero-order chi connectivity index (χ0) is 14.5. The number of hydrazine groups is 1. The zero-order valence-corrected chi connectivity index (χ0v) is 11.1. The van der Waals surface area contributed by atoms with Crippen LogP contribution >= 0.6 is 0 Å². The molecule has 2 heterocycles. The summed E-state index contributed by atoms with van der Waals surface area (Å²) in [6, 6.07) is 0. The number of rotatable bonds is 5. The van der Waals surface area contributed by atoms with E-state index in [9.17, 15) is 4.79 Å². The predicted molar refractivity (Wildman–Crippen MR) is 69.4 cm³/mol. The highest BCUT2D eigenvalue weighted by Crippen LogP contribution is 2.15. The second-order valence-electron chi connectivity index (χ2n) is 4.32. The Balaban J connectivity index is 2.16. The van der Waals surface area contributed by atoms with Crippen molar-refractivity contribution < 1.29 is 9.32 Å². The number of carbonyl (C=O) groups is 1. The highest BCUT2D eigenvalue weighted by molar-refractivity contribution is 5.97. The molecule has 0 unspecified atom stereocenters. The van der Waals surface area contributed by atoms with Gasteiger partial charge in [0.2, 0.25) is 6.39 Å². The van der Waals surface area contributed by atoms with E-state index in [1.165, 1.54) is 12.6 Å². The van der Waals surface area contributed by atoms with E-state index >= 15 is 0 Å². The lowest BCUT2D eigenvalue weighted by Crippen LogP contribution is -2.27. The predicted octanol–water partition coefficient (Wildman–Crippen LogP) is 0.199. The van der Waals surface area contributed by atoms with Crippen molar-refractivity contribution in [1.82, 2.24) is 25.4 Å². The van der Waals surface area contributed by atoms with Crippen LogP contribution in [0.25, 0.3) is 0 Å². The molecule has 0 bridgehead atoms. The molecule has 0 aliphatic carbocycles. The molecular formula is C11H15N7O2. The van der Waals surface area contributed by atoms with Gasteiger partial charge in [-0.05, 0) is 0 Å². The molecule has 0 aliphatic heterocycles. The third-order valence-electron chi connectivity index (χ3n) is 2.51. The lowest BCUT2D eigenvalue weighted by Gasteiger charge is -2.10. The van der Waals surface area contributed by atoms with Crippen LogP contribution in [0.15, 0.2) is 17.1 Å². The van der Waals surface area contributed by atoms with Crippen LogP contribution in [0.3, 0.4) is 0 Å². The number of nitrogens with zero attached hydrogens (tertiary/aromatic N) is 4. The Bertz CT molecular complexity index is 582. The molecule has 20 heavy (non-hydrogen) atoms. The first-order valence-electron chi connectivity index (χ1n) is 5.98. The maximum absolute atomic E-state index is 12.1. The van der Waals surface area contributed by atoms with Crippen molar-refractivity contribution in [1.29, 1.82) is 0 Å². The quantitative estimate of drug-likeness (QED) is 0.521. The van der Waals surface area contributed by atoms with Crippen molar-refractivity contribution in [3.8, 4) is 0 Å². The number of amides is 1. The molecule has 0 saturated carbocycles. The number of hydrogen-bond donors (Lipinski definition) is 3. The first kappa shape index (κ1) is 13.9. The van der Waals surface area contributed by atoms with Gasteiger partial charge < -0.3 is 15.3 Å². The monoisotopic (exact) mass is 277 g/mol. The fourth-order valence-corrected chi connectivity index (χ4v) is 1.47. The van der Waals surface area contributed by atoms with Crippen LogP contribution in [-0.2, 0) is 6.54 Å². The van der Waals surface area contributed by atoms with Gasteiger partial charge in [0.05, 0.1) is 18.4 Å². The number of nitrogens with two attached hydrogens (primary N) is 1. The number of anilines is 1. The molecule has 9 nitrogen and oxygen atoms in total. The van der Waals surface area contributed by atoms with Gasteiger partial charge >= 0.3 is 0 Å². The Morgan fingerprint density at radius 3 is 2.85 bits per heavy atom. The Kier molecular flexibility index (Phi) is 4.20. The van der Waals surface area contributed by atoms with E-state index in [1.54, 1.807) is 0 Å². The summed E-state index contributed by atoms with van der Waals surface area (Å²) in [7, 11) is 0. The van der Waals surface area contributed by atoms with E-state index in [1.807, 2.05) is 13.8 Å². The van der Waals surface area contributed by atoms with Gasteiger partial charge in [-0.3, -0.25) is 10.6 Å². The average molecular weight is 277 g/mol. The number of aromatic nitrogens is 4. The third-order valence-corrected chi connectivity index (χ3v) is 2.51. The lowest BCUT2D eigenvalue weighted by atomic mass is 10.2. The van der Waals surface area contributed by atoms with E-state index in [0.29, 0.717) is 17.3 Å². The van der Waals surface area contributed by atoms with Gasteiger partial charge in [0, 0.05) is 5.92 Å². The van der Waals surface area contributed by atoms with Crippen LogP contribution in [0.4, 0.5) is 5.69 Å². The minimum absolute atomic E-state index is 0.102. The summed E-state index contributed by atoms with van der Waals surface area (Å²) in [5.41, 5.74) is 2.92. The molecule has 2 aromatic rings. The van der Waals surface area contributed by atoms with Gasteiger partial charge in [-0.15, -0.1) is 0 Å². The summed E-state index contributed by atoms with van der Waals surface area (Å²) in [4.78, 5) is 24.3. The van der Waals surface area contributed by atoms with Crippen molar-refractivity contribution in [3.63, 3.8) is 0 Å². The Morgan fingerprint density at radius 2 is 2.25 bits per heavy atom. The van der Waals surface area contributed by atoms with Crippen LogP contribution in [0.1, 0.15) is 41.9 Å². The summed E-state index contributed by atoms with van der Waals surface area (Å²) >= 11 is 0. The fourth-order valence-electron chi connectivity index (χ4n) is 1.47. The van der Waals surface area contributed by atoms with Gasteiger partial charge in [0.25, 0.3) is 5.91 Å². The van der Waals surface area contributed by atoms with Crippen molar-refractivity contribution in [2.75, 3.05) is 5.43 Å². The Hall–Kier alpha value is -2.55. The van der Waals surface area contributed by atoms with E-state index in [0.717, 1.165) is 0 Å². The first-order valence-corrected chi connectivity index (χ1v) is 5.98. The summed E-state index contributed by atoms with van der Waals surface area (Å²) in [5, 5.41) is 6.23. The molecule has 0 radical (unpaired) electrons. The average Bonchev–Trinajstić information content (AvgIpc) is 2.97. The summed E-state index contributed by atoms with van der Waals surface area (Å²) in [6.45, 7) is 4.01. The summed E-state index contributed by atoms with van der Waals surface area (Å²) < 4.78 is 4.58. The number of nitrogens with one attached hydrogen (secondary N) is 2. The number of carbonyl (C=O) groups excluding carboxylic acids is 1. The Morgan fingerprint density at radius 1 is 1.45 bits per heavy atom. The maximum atomic E-state index is 12.1. The molecule has 0 saturated heterocycles. The lowest BCUT2D eigenvalue weighted by molar-refractivity contribution is 0.0945. The molecule has 0 aromatic carbocycles. The second kappa shape index (κ2) is 6.06. The normalized spacial score (nSPS) is 10.6. The number of hydrogen-bond acceptors (Lipinski definition) is 8. The van der Waals surface area contributed by atoms with Crippen LogP contribution in [0.5, 0.6) is 0 Å². The van der Waals surface area contributed by atoms with E-state index in [2.05, 4.69) is 35.4 Å². The molecule has 2 rings (SSSR count). The molecule has 9 heteroatoms. The molecule has 0 spiro atoms. The van der Waals surface area contributed by atoms with Crippen LogP contribution in [0.2, 0.25) is 0 Å². The van der Waals surface area contributed by atoms with E-state index < -0.39 is 5.91 Å². The van der Waals surface area contributed by atoms with Gasteiger partial charge in [-0.25, -0.2) is 9.97 Å². The van der Waals surface area contributed by atoms with Crippen LogP contribution in [0, 0.1) is 0 Å². The molecular weight excluding hydrogens is 262 g/mol. The first-order chi connectivity index (χ1) is 9.61. The van der Waals surface area contributed by atoms with Crippen molar-refractivity contribution in [3.05, 3.63) is 29.9 Å². The molecule has 0 atom stereocenters. The standard InChI is InChI=1S/C11H15N7O2/c1-6(2)10-13-3-7(17-12)9(16-10)11(19)14-4-8-15-5-20-18-8/h3,5-6,17H,4,12H2,1-2H3,(H,14,19). The van der Waals surface area contributed by atoms with Crippen molar-refractivity contribution >= 4 is 11.6 Å². The molecule has 0 fully saturated rings. The van der Waals surface area contributed by atoms with Gasteiger partial charge in [0.15, 0.2) is 11.5 Å². The largest absolute Gasteiger partial charge is 0.343 e. The highest BCUT2D eigenvalue weighted by atomic mass is 16.5. The van der Waals surface area contributed by atoms with Gasteiger partial charge in [-0.1, -0.05) is 19.0 Å². The third kappa shape index (κ3) is 3.06. The van der Waals surface area contributed by atoms with Crippen LogP contribution in [-0.4, -0.2) is 26.0 Å². The fraction of sp³-hybridized carbons (Fsp3) is 0.364. The smallest absolute Gasteiger partial charge is 0.272 e. The van der Waals surface area contributed by atoms with Crippen LogP contribution < -0.4 is 16.6 Å². The minimum Gasteiger partial charge on any atom is -0.343 e.